The Morgan fingerprint density at radius 1 is 1.03 bits per heavy atom. The van der Waals surface area contributed by atoms with Crippen LogP contribution in [0.4, 0.5) is 17.6 Å². The number of rotatable bonds is 16. The molecule has 2 atom stereocenters. The number of alkyl halides is 4. The van der Waals surface area contributed by atoms with Crippen LogP contribution in [0.25, 0.3) is 0 Å². The quantitative estimate of drug-likeness (QED) is 0.127. The van der Waals surface area contributed by atoms with Gasteiger partial charge in [0.1, 0.15) is 19.9 Å². The van der Waals surface area contributed by atoms with Gasteiger partial charge in [0.05, 0.1) is 39.5 Å². The molecule has 2 unspecified atom stereocenters. The predicted molar refractivity (Wildman–Crippen MR) is 130 cm³/mol. The van der Waals surface area contributed by atoms with Gasteiger partial charge in [0.15, 0.2) is 0 Å². The third-order valence-electron chi connectivity index (χ3n) is 6.73. The summed E-state index contributed by atoms with van der Waals surface area (Å²) in [6.07, 6.45) is -8.60. The molecular formula is C24H38F4N2O6P+. The lowest BCUT2D eigenvalue weighted by atomic mass is 10.0. The average molecular weight is 558 g/mol. The first kappa shape index (κ1) is 31.8. The zero-order valence-electron chi connectivity index (χ0n) is 21.7. The highest BCUT2D eigenvalue weighted by Crippen LogP contribution is 2.49. The summed E-state index contributed by atoms with van der Waals surface area (Å²) < 4.78 is 87.1. The molecule has 0 N–H and O–H groups in total. The first-order chi connectivity index (χ1) is 17.5. The number of ketones is 1. The van der Waals surface area contributed by atoms with Crippen molar-refractivity contribution in [3.63, 3.8) is 0 Å². The number of nitrogens with zero attached hydrogens (tertiary/aromatic N) is 2. The van der Waals surface area contributed by atoms with E-state index in [0.717, 1.165) is 36.3 Å². The van der Waals surface area contributed by atoms with Crippen molar-refractivity contribution in [2.24, 2.45) is 0 Å². The Kier molecular flexibility index (Phi) is 12.6. The lowest BCUT2D eigenvalue weighted by Crippen LogP contribution is -2.49. The summed E-state index contributed by atoms with van der Waals surface area (Å²) in [6.45, 7) is 12.1. The van der Waals surface area contributed by atoms with Crippen molar-refractivity contribution in [1.82, 2.24) is 4.90 Å². The molecule has 0 saturated carbocycles. The molecule has 0 amide bonds. The normalized spacial score (nSPS) is 17.9. The molecule has 1 saturated heterocycles. The molecule has 1 aliphatic heterocycles. The zero-order chi connectivity index (χ0) is 27.5. The number of carbonyl (C=O) groups excluding carboxylic acids is 1. The van der Waals surface area contributed by atoms with Gasteiger partial charge in [0.25, 0.3) is 6.17 Å². The molecule has 13 heteroatoms. The number of Topliss-reactive ketones (excluding diaryl/α,β-unsaturated/α-hetero) is 1. The SMILES string of the molecule is CC[N+](CC)(CC)CCOP(=O)(OCCc1ccc(C(=O)C(F)C(F)(F)F)cc1)OCN1CCOCC1. The Labute approximate surface area is 216 Å². The summed E-state index contributed by atoms with van der Waals surface area (Å²) in [6, 6.07) is 5.04. The van der Waals surface area contributed by atoms with E-state index in [0.29, 0.717) is 38.4 Å². The first-order valence-electron chi connectivity index (χ1n) is 12.5. The van der Waals surface area contributed by atoms with E-state index >= 15 is 0 Å². The second-order valence-corrected chi connectivity index (χ2v) is 10.5. The van der Waals surface area contributed by atoms with Crippen molar-refractivity contribution < 1.29 is 49.7 Å². The number of benzene rings is 1. The molecule has 212 valence electrons. The molecule has 1 aromatic carbocycles. The van der Waals surface area contributed by atoms with Crippen molar-refractivity contribution in [2.75, 3.05) is 72.4 Å². The Morgan fingerprint density at radius 3 is 2.14 bits per heavy atom. The fourth-order valence-electron chi connectivity index (χ4n) is 3.89. The summed E-state index contributed by atoms with van der Waals surface area (Å²) in [5.41, 5.74) is 0.207. The number of morpholine rings is 1. The van der Waals surface area contributed by atoms with Gasteiger partial charge in [-0.3, -0.25) is 23.3 Å². The molecule has 1 heterocycles. The maximum Gasteiger partial charge on any atom is 0.476 e. The predicted octanol–water partition coefficient (Wildman–Crippen LogP) is 4.64. The van der Waals surface area contributed by atoms with Crippen LogP contribution in [0.5, 0.6) is 0 Å². The lowest BCUT2D eigenvalue weighted by Gasteiger charge is -2.36. The maximum absolute atomic E-state index is 13.4. The van der Waals surface area contributed by atoms with Crippen LogP contribution in [-0.4, -0.2) is 99.9 Å². The summed E-state index contributed by atoms with van der Waals surface area (Å²) in [5.74, 6) is -1.65. The van der Waals surface area contributed by atoms with Gasteiger partial charge in [-0.05, 0) is 32.8 Å². The van der Waals surface area contributed by atoms with E-state index in [9.17, 15) is 26.9 Å². The van der Waals surface area contributed by atoms with Crippen molar-refractivity contribution in [2.45, 2.75) is 39.5 Å². The van der Waals surface area contributed by atoms with E-state index in [1.807, 2.05) is 4.90 Å². The molecule has 37 heavy (non-hydrogen) atoms. The zero-order valence-corrected chi connectivity index (χ0v) is 22.6. The van der Waals surface area contributed by atoms with Gasteiger partial charge >= 0.3 is 14.0 Å². The van der Waals surface area contributed by atoms with Crippen LogP contribution in [0.3, 0.4) is 0 Å². The van der Waals surface area contributed by atoms with Crippen molar-refractivity contribution in [3.05, 3.63) is 35.4 Å². The number of hydrogen-bond acceptors (Lipinski definition) is 7. The Hall–Kier alpha value is -1.40. The van der Waals surface area contributed by atoms with Crippen LogP contribution in [0, 0.1) is 0 Å². The number of quaternary nitrogens is 1. The fourth-order valence-corrected chi connectivity index (χ4v) is 5.04. The van der Waals surface area contributed by atoms with Gasteiger partial charge in [0, 0.05) is 18.7 Å². The number of phosphoric acid groups is 1. The maximum atomic E-state index is 13.4. The van der Waals surface area contributed by atoms with Gasteiger partial charge in [0.2, 0.25) is 5.78 Å². The minimum Gasteiger partial charge on any atom is -0.379 e. The molecule has 8 nitrogen and oxygen atoms in total. The summed E-state index contributed by atoms with van der Waals surface area (Å²) in [7, 11) is -3.92. The number of phosphoric ester groups is 1. The molecule has 0 radical (unpaired) electrons. The third-order valence-corrected chi connectivity index (χ3v) is 8.16. The van der Waals surface area contributed by atoms with E-state index in [-0.39, 0.29) is 31.9 Å². The van der Waals surface area contributed by atoms with E-state index in [4.69, 9.17) is 18.3 Å². The van der Waals surface area contributed by atoms with E-state index in [1.54, 1.807) is 0 Å². The molecule has 0 aliphatic carbocycles. The summed E-state index contributed by atoms with van der Waals surface area (Å²) in [4.78, 5) is 13.6. The number of carbonyl (C=O) groups is 1. The fraction of sp³-hybridized carbons (Fsp3) is 0.708. The molecule has 0 spiro atoms. The average Bonchev–Trinajstić information content (AvgIpc) is 2.90. The van der Waals surface area contributed by atoms with Crippen molar-refractivity contribution in [1.29, 1.82) is 0 Å². The highest BCUT2D eigenvalue weighted by atomic mass is 31.2. The van der Waals surface area contributed by atoms with Gasteiger partial charge in [-0.25, -0.2) is 8.96 Å². The van der Waals surface area contributed by atoms with E-state index < -0.39 is 26.0 Å². The van der Waals surface area contributed by atoms with Crippen LogP contribution in [0.15, 0.2) is 24.3 Å². The van der Waals surface area contributed by atoms with Crippen LogP contribution in [0.1, 0.15) is 36.7 Å². The van der Waals surface area contributed by atoms with Gasteiger partial charge in [-0.1, -0.05) is 24.3 Å². The molecule has 0 bridgehead atoms. The molecular weight excluding hydrogens is 519 g/mol. The smallest absolute Gasteiger partial charge is 0.379 e. The second kappa shape index (κ2) is 14.7. The van der Waals surface area contributed by atoms with E-state index in [2.05, 4.69) is 20.8 Å². The Bertz CT molecular complexity index is 869. The number of likely N-dealkylation sites (N-methyl/N-ethyl adjacent to an activating group) is 1. The Balaban J connectivity index is 1.97. The van der Waals surface area contributed by atoms with Gasteiger partial charge in [-0.15, -0.1) is 0 Å². The van der Waals surface area contributed by atoms with Crippen molar-refractivity contribution in [3.8, 4) is 0 Å². The largest absolute Gasteiger partial charge is 0.476 e. The molecule has 1 fully saturated rings. The molecule has 0 aromatic heterocycles. The number of ether oxygens (including phenoxy) is 1. The van der Waals surface area contributed by atoms with Gasteiger partial charge in [-0.2, -0.15) is 13.2 Å². The van der Waals surface area contributed by atoms with Gasteiger partial charge < -0.3 is 9.22 Å². The molecule has 2 rings (SSSR count). The first-order valence-corrected chi connectivity index (χ1v) is 14.0. The highest BCUT2D eigenvalue weighted by molar-refractivity contribution is 7.48. The second-order valence-electron chi connectivity index (χ2n) is 8.83. The standard InChI is InChI=1S/C24H38F4N2O6P/c1-4-30(5-2,6-3)14-18-35-37(32,36-19-29-12-16-33-17-13-29)34-15-11-20-7-9-21(10-8-20)22(31)23(25)24(26,27)28/h7-10,23H,4-6,11-19H2,1-3H3/q+1. The van der Waals surface area contributed by atoms with Crippen LogP contribution < -0.4 is 0 Å². The van der Waals surface area contributed by atoms with Crippen LogP contribution >= 0.6 is 7.82 Å². The highest BCUT2D eigenvalue weighted by Gasteiger charge is 2.45. The Morgan fingerprint density at radius 2 is 1.59 bits per heavy atom. The van der Waals surface area contributed by atoms with Crippen LogP contribution in [0.2, 0.25) is 0 Å². The third kappa shape index (κ3) is 10.0. The molecule has 1 aliphatic rings. The van der Waals surface area contributed by atoms with Crippen molar-refractivity contribution >= 4 is 13.6 Å². The van der Waals surface area contributed by atoms with Crippen LogP contribution in [-0.2, 0) is 29.3 Å². The minimum atomic E-state index is -5.25. The van der Waals surface area contributed by atoms with E-state index in [1.165, 1.54) is 12.1 Å². The lowest BCUT2D eigenvalue weighted by molar-refractivity contribution is -0.923. The summed E-state index contributed by atoms with van der Waals surface area (Å²) >= 11 is 0. The topological polar surface area (TPSA) is 74.3 Å². The number of hydrogen-bond donors (Lipinski definition) is 0. The number of halogens is 4. The minimum absolute atomic E-state index is 0.0520. The molecule has 1 aromatic rings. The summed E-state index contributed by atoms with van der Waals surface area (Å²) in [5, 5.41) is 0. The monoisotopic (exact) mass is 557 g/mol.